The van der Waals surface area contributed by atoms with Gasteiger partial charge < -0.3 is 15.7 Å². The summed E-state index contributed by atoms with van der Waals surface area (Å²) in [5, 5.41) is 16.7. The topological polar surface area (TPSA) is 100 Å². The van der Waals surface area contributed by atoms with Crippen molar-refractivity contribution in [3.8, 4) is 0 Å². The van der Waals surface area contributed by atoms with E-state index in [4.69, 9.17) is 0 Å². The molecule has 0 radical (unpaired) electrons. The highest BCUT2D eigenvalue weighted by atomic mass is 16.3. The van der Waals surface area contributed by atoms with Crippen molar-refractivity contribution in [3.63, 3.8) is 0 Å². The molecule has 3 aromatic rings. The third kappa shape index (κ3) is 4.68. The van der Waals surface area contributed by atoms with E-state index in [0.717, 1.165) is 42.6 Å². The molecular formula is C22H25N5O2. The highest BCUT2D eigenvalue weighted by Crippen LogP contribution is 2.23. The van der Waals surface area contributed by atoms with Gasteiger partial charge in [0.1, 0.15) is 5.69 Å². The molecule has 0 atom stereocenters. The van der Waals surface area contributed by atoms with Gasteiger partial charge in [-0.15, -0.1) is 0 Å². The van der Waals surface area contributed by atoms with Crippen molar-refractivity contribution in [3.05, 3.63) is 59.5 Å². The molecule has 1 amide bonds. The molecule has 1 aromatic carbocycles. The van der Waals surface area contributed by atoms with Crippen LogP contribution in [0.5, 0.6) is 0 Å². The number of aliphatic hydroxyl groups is 1. The first-order valence-corrected chi connectivity index (χ1v) is 10.0. The van der Waals surface area contributed by atoms with Crippen molar-refractivity contribution in [2.75, 3.05) is 5.32 Å². The van der Waals surface area contributed by atoms with E-state index in [1.165, 1.54) is 0 Å². The van der Waals surface area contributed by atoms with Gasteiger partial charge >= 0.3 is 0 Å². The highest BCUT2D eigenvalue weighted by Gasteiger charge is 2.21. The van der Waals surface area contributed by atoms with Gasteiger partial charge in [-0.3, -0.25) is 9.78 Å². The SMILES string of the molecule is Cc1cccc(CNC(=O)c2nc(NC3CCC(O)CC3)nc3ccccc23)n1. The monoisotopic (exact) mass is 391 g/mol. The number of hydrogen-bond acceptors (Lipinski definition) is 6. The van der Waals surface area contributed by atoms with E-state index in [2.05, 4.69) is 25.6 Å². The van der Waals surface area contributed by atoms with Crippen molar-refractivity contribution in [2.45, 2.75) is 51.3 Å². The minimum Gasteiger partial charge on any atom is -0.393 e. The highest BCUT2D eigenvalue weighted by molar-refractivity contribution is 6.04. The molecule has 0 aliphatic heterocycles. The second kappa shape index (κ2) is 8.53. The molecule has 0 saturated heterocycles. The predicted octanol–water partition coefficient (Wildman–Crippen LogP) is 2.98. The standard InChI is InChI=1S/C22H25N5O2/c1-14-5-4-6-16(24-14)13-23-21(29)20-18-7-2-3-8-19(18)26-22(27-20)25-15-9-11-17(28)12-10-15/h2-8,15,17,28H,9-13H2,1H3,(H,23,29)(H,25,26,27). The molecule has 1 fully saturated rings. The molecule has 0 unspecified atom stereocenters. The van der Waals surface area contributed by atoms with Crippen molar-refractivity contribution < 1.29 is 9.90 Å². The van der Waals surface area contributed by atoms with Crippen LogP contribution in [-0.4, -0.2) is 38.1 Å². The molecule has 1 aliphatic carbocycles. The molecule has 0 spiro atoms. The summed E-state index contributed by atoms with van der Waals surface area (Å²) in [7, 11) is 0. The number of carbonyl (C=O) groups excluding carboxylic acids is 1. The van der Waals surface area contributed by atoms with Gasteiger partial charge in [0.05, 0.1) is 23.9 Å². The Labute approximate surface area is 169 Å². The van der Waals surface area contributed by atoms with Gasteiger partial charge in [0.2, 0.25) is 5.95 Å². The van der Waals surface area contributed by atoms with Crippen LogP contribution in [0.4, 0.5) is 5.95 Å². The van der Waals surface area contributed by atoms with Crippen LogP contribution < -0.4 is 10.6 Å². The predicted molar refractivity (Wildman–Crippen MR) is 112 cm³/mol. The molecule has 4 rings (SSSR count). The maximum absolute atomic E-state index is 12.9. The molecule has 7 heteroatoms. The second-order valence-electron chi connectivity index (χ2n) is 7.52. The number of benzene rings is 1. The maximum Gasteiger partial charge on any atom is 0.271 e. The quantitative estimate of drug-likeness (QED) is 0.618. The molecule has 2 aromatic heterocycles. The van der Waals surface area contributed by atoms with Crippen LogP contribution in [0, 0.1) is 6.92 Å². The lowest BCUT2D eigenvalue weighted by Gasteiger charge is -2.26. The largest absolute Gasteiger partial charge is 0.393 e. The summed E-state index contributed by atoms with van der Waals surface area (Å²) in [5.74, 6) is 0.193. The number of carbonyl (C=O) groups is 1. The van der Waals surface area contributed by atoms with Crippen molar-refractivity contribution >= 4 is 22.8 Å². The molecular weight excluding hydrogens is 366 g/mol. The zero-order chi connectivity index (χ0) is 20.2. The summed E-state index contributed by atoms with van der Waals surface area (Å²) in [6.07, 6.45) is 3.03. The number of amides is 1. The van der Waals surface area contributed by atoms with Crippen LogP contribution in [0.25, 0.3) is 10.9 Å². The Bertz CT molecular complexity index is 1020. The summed E-state index contributed by atoms with van der Waals surface area (Å²) in [6, 6.07) is 13.4. The fraction of sp³-hybridized carbons (Fsp3) is 0.364. The molecule has 150 valence electrons. The normalized spacial score (nSPS) is 19.1. The lowest BCUT2D eigenvalue weighted by molar-refractivity contribution is 0.0947. The van der Waals surface area contributed by atoms with Crippen LogP contribution in [0.3, 0.4) is 0 Å². The van der Waals surface area contributed by atoms with Gasteiger partial charge in [-0.25, -0.2) is 9.97 Å². The van der Waals surface area contributed by atoms with E-state index < -0.39 is 0 Å². The van der Waals surface area contributed by atoms with E-state index in [0.29, 0.717) is 23.6 Å². The molecule has 2 heterocycles. The Morgan fingerprint density at radius 3 is 2.62 bits per heavy atom. The zero-order valence-electron chi connectivity index (χ0n) is 16.4. The Kier molecular flexibility index (Phi) is 5.67. The molecule has 29 heavy (non-hydrogen) atoms. The number of aromatic nitrogens is 3. The van der Waals surface area contributed by atoms with E-state index >= 15 is 0 Å². The Balaban J connectivity index is 1.56. The number of nitrogens with zero attached hydrogens (tertiary/aromatic N) is 3. The number of para-hydroxylation sites is 1. The van der Waals surface area contributed by atoms with Crippen LogP contribution in [0.15, 0.2) is 42.5 Å². The van der Waals surface area contributed by atoms with Gasteiger partial charge in [0, 0.05) is 17.1 Å². The van der Waals surface area contributed by atoms with Gasteiger partial charge in [0.25, 0.3) is 5.91 Å². The van der Waals surface area contributed by atoms with Crippen molar-refractivity contribution in [2.24, 2.45) is 0 Å². The number of aliphatic hydroxyl groups excluding tert-OH is 1. The van der Waals surface area contributed by atoms with Gasteiger partial charge in [-0.05, 0) is 50.8 Å². The average Bonchev–Trinajstić information content (AvgIpc) is 2.73. The van der Waals surface area contributed by atoms with E-state index in [-0.39, 0.29) is 18.1 Å². The molecule has 1 aliphatic rings. The fourth-order valence-electron chi connectivity index (χ4n) is 3.67. The summed E-state index contributed by atoms with van der Waals surface area (Å²) in [5.41, 5.74) is 2.78. The summed E-state index contributed by atoms with van der Waals surface area (Å²) >= 11 is 0. The third-order valence-electron chi connectivity index (χ3n) is 5.22. The smallest absolute Gasteiger partial charge is 0.271 e. The van der Waals surface area contributed by atoms with Crippen LogP contribution in [0.1, 0.15) is 47.6 Å². The van der Waals surface area contributed by atoms with Gasteiger partial charge in [-0.1, -0.05) is 24.3 Å². The Morgan fingerprint density at radius 2 is 1.83 bits per heavy atom. The number of pyridine rings is 1. The first-order valence-electron chi connectivity index (χ1n) is 10.0. The first kappa shape index (κ1) is 19.3. The van der Waals surface area contributed by atoms with E-state index in [9.17, 15) is 9.90 Å². The minimum atomic E-state index is -0.256. The van der Waals surface area contributed by atoms with Gasteiger partial charge in [0.15, 0.2) is 0 Å². The molecule has 1 saturated carbocycles. The summed E-state index contributed by atoms with van der Waals surface area (Å²) in [4.78, 5) is 26.4. The minimum absolute atomic E-state index is 0.201. The Morgan fingerprint density at radius 1 is 1.03 bits per heavy atom. The third-order valence-corrected chi connectivity index (χ3v) is 5.22. The molecule has 3 N–H and O–H groups in total. The van der Waals surface area contributed by atoms with Gasteiger partial charge in [-0.2, -0.15) is 0 Å². The summed E-state index contributed by atoms with van der Waals surface area (Å²) in [6.45, 7) is 2.26. The van der Waals surface area contributed by atoms with Crippen molar-refractivity contribution in [1.29, 1.82) is 0 Å². The van der Waals surface area contributed by atoms with E-state index in [1.807, 2.05) is 49.4 Å². The average molecular weight is 391 g/mol. The lowest BCUT2D eigenvalue weighted by Crippen LogP contribution is -2.30. The first-order chi connectivity index (χ1) is 14.1. The molecule has 0 bridgehead atoms. The number of fused-ring (bicyclic) bond motifs is 1. The lowest BCUT2D eigenvalue weighted by atomic mass is 9.93. The number of rotatable bonds is 5. The van der Waals surface area contributed by atoms with Crippen LogP contribution >= 0.6 is 0 Å². The van der Waals surface area contributed by atoms with Crippen molar-refractivity contribution in [1.82, 2.24) is 20.3 Å². The number of aryl methyl sites for hydroxylation is 1. The zero-order valence-corrected chi connectivity index (χ0v) is 16.4. The second-order valence-corrected chi connectivity index (χ2v) is 7.52. The van der Waals surface area contributed by atoms with Crippen LogP contribution in [0.2, 0.25) is 0 Å². The maximum atomic E-state index is 12.9. The fourth-order valence-corrected chi connectivity index (χ4v) is 3.67. The summed E-state index contributed by atoms with van der Waals surface area (Å²) < 4.78 is 0. The van der Waals surface area contributed by atoms with Crippen LogP contribution in [-0.2, 0) is 6.54 Å². The number of nitrogens with one attached hydrogen (secondary N) is 2. The van der Waals surface area contributed by atoms with E-state index in [1.54, 1.807) is 0 Å². The number of hydrogen-bond donors (Lipinski definition) is 3. The Hall–Kier alpha value is -3.06. The molecule has 7 nitrogen and oxygen atoms in total. The number of anilines is 1.